The van der Waals surface area contributed by atoms with E-state index >= 15 is 0 Å². The molecule has 1 unspecified atom stereocenters. The third-order valence-electron chi connectivity index (χ3n) is 2.12. The molecule has 0 saturated heterocycles. The van der Waals surface area contributed by atoms with Crippen LogP contribution < -0.4 is 5.73 Å². The first-order valence-electron chi connectivity index (χ1n) is 4.84. The molecule has 1 rings (SSSR count). The molecule has 1 atom stereocenters. The van der Waals surface area contributed by atoms with Crippen molar-refractivity contribution in [2.45, 2.75) is 26.1 Å². The fraction of sp³-hybridized carbons (Fsp3) is 0.364. The highest BCUT2D eigenvalue weighted by atomic mass is 19.1. The van der Waals surface area contributed by atoms with Crippen molar-refractivity contribution < 1.29 is 9.13 Å². The molecule has 1 aromatic carbocycles. The molecule has 82 valence electrons. The monoisotopic (exact) mass is 210 g/mol. The number of hydrogen-bond acceptors (Lipinski definition) is 2. The molecule has 0 aliphatic carbocycles. The van der Waals surface area contributed by atoms with Gasteiger partial charge < -0.3 is 10.5 Å². The SMILES string of the molecule is CCC(OCc1ccccc1F)C(=N)N. The van der Waals surface area contributed by atoms with Crippen LogP contribution in [-0.4, -0.2) is 11.9 Å². The third kappa shape index (κ3) is 3.32. The highest BCUT2D eigenvalue weighted by molar-refractivity contribution is 5.81. The summed E-state index contributed by atoms with van der Waals surface area (Å²) in [6.45, 7) is 2.01. The number of nitrogens with two attached hydrogens (primary N) is 1. The van der Waals surface area contributed by atoms with E-state index in [-0.39, 0.29) is 18.3 Å². The topological polar surface area (TPSA) is 59.1 Å². The average Bonchev–Trinajstić information content (AvgIpc) is 2.21. The van der Waals surface area contributed by atoms with E-state index in [4.69, 9.17) is 15.9 Å². The summed E-state index contributed by atoms with van der Waals surface area (Å²) in [5, 5.41) is 7.23. The zero-order chi connectivity index (χ0) is 11.3. The Morgan fingerprint density at radius 3 is 2.73 bits per heavy atom. The first kappa shape index (κ1) is 11.7. The minimum Gasteiger partial charge on any atom is -0.385 e. The zero-order valence-corrected chi connectivity index (χ0v) is 8.66. The molecule has 0 aromatic heterocycles. The highest BCUT2D eigenvalue weighted by Gasteiger charge is 2.10. The minimum absolute atomic E-state index is 0.0196. The quantitative estimate of drug-likeness (QED) is 0.577. The van der Waals surface area contributed by atoms with Crippen molar-refractivity contribution in [2.75, 3.05) is 0 Å². The highest BCUT2D eigenvalue weighted by Crippen LogP contribution is 2.10. The molecule has 0 amide bonds. The van der Waals surface area contributed by atoms with E-state index in [0.29, 0.717) is 12.0 Å². The van der Waals surface area contributed by atoms with Crippen LogP contribution in [0.25, 0.3) is 0 Å². The summed E-state index contributed by atoms with van der Waals surface area (Å²) in [5.41, 5.74) is 5.80. The lowest BCUT2D eigenvalue weighted by Gasteiger charge is -2.14. The Morgan fingerprint density at radius 1 is 1.53 bits per heavy atom. The van der Waals surface area contributed by atoms with Gasteiger partial charge in [-0.15, -0.1) is 0 Å². The first-order chi connectivity index (χ1) is 7.15. The summed E-state index contributed by atoms with van der Waals surface area (Å²) >= 11 is 0. The van der Waals surface area contributed by atoms with Crippen LogP contribution in [0.1, 0.15) is 18.9 Å². The molecule has 0 heterocycles. The van der Waals surface area contributed by atoms with E-state index in [1.54, 1.807) is 18.2 Å². The second kappa shape index (κ2) is 5.46. The molecule has 0 fully saturated rings. The van der Waals surface area contributed by atoms with Crippen LogP contribution >= 0.6 is 0 Å². The number of halogens is 1. The van der Waals surface area contributed by atoms with Crippen molar-refractivity contribution in [3.63, 3.8) is 0 Å². The van der Waals surface area contributed by atoms with Crippen LogP contribution in [0, 0.1) is 11.2 Å². The summed E-state index contributed by atoms with van der Waals surface area (Å²) in [4.78, 5) is 0. The molecular formula is C11H15FN2O. The van der Waals surface area contributed by atoms with Crippen LogP contribution in [0.5, 0.6) is 0 Å². The summed E-state index contributed by atoms with van der Waals surface area (Å²) < 4.78 is 18.5. The Morgan fingerprint density at radius 2 is 2.20 bits per heavy atom. The second-order valence-corrected chi connectivity index (χ2v) is 3.25. The Kier molecular flexibility index (Phi) is 4.24. The van der Waals surface area contributed by atoms with Crippen molar-refractivity contribution in [1.29, 1.82) is 5.41 Å². The fourth-order valence-corrected chi connectivity index (χ4v) is 1.23. The van der Waals surface area contributed by atoms with Gasteiger partial charge in [-0.3, -0.25) is 5.41 Å². The van der Waals surface area contributed by atoms with E-state index in [1.807, 2.05) is 6.92 Å². The Labute approximate surface area is 88.6 Å². The Balaban J connectivity index is 2.56. The lowest BCUT2D eigenvalue weighted by Crippen LogP contribution is -2.29. The standard InChI is InChI=1S/C11H15FN2O/c1-2-10(11(13)14)15-7-8-5-3-4-6-9(8)12/h3-6,10H,2,7H2,1H3,(H3,13,14). The van der Waals surface area contributed by atoms with Crippen LogP contribution in [0.4, 0.5) is 4.39 Å². The number of nitrogens with one attached hydrogen (secondary N) is 1. The summed E-state index contributed by atoms with van der Waals surface area (Å²) in [6.07, 6.45) is 0.189. The van der Waals surface area contributed by atoms with Gasteiger partial charge in [0.05, 0.1) is 6.61 Å². The molecule has 3 nitrogen and oxygen atoms in total. The van der Waals surface area contributed by atoms with E-state index in [9.17, 15) is 4.39 Å². The van der Waals surface area contributed by atoms with Crippen molar-refractivity contribution in [3.05, 3.63) is 35.6 Å². The van der Waals surface area contributed by atoms with E-state index in [2.05, 4.69) is 0 Å². The lowest BCUT2D eigenvalue weighted by molar-refractivity contribution is 0.0789. The number of hydrogen-bond donors (Lipinski definition) is 2. The van der Waals surface area contributed by atoms with E-state index in [0.717, 1.165) is 0 Å². The van der Waals surface area contributed by atoms with Crippen LogP contribution in [0.15, 0.2) is 24.3 Å². The van der Waals surface area contributed by atoms with Gasteiger partial charge in [0, 0.05) is 5.56 Å². The molecule has 0 spiro atoms. The van der Waals surface area contributed by atoms with Crippen molar-refractivity contribution >= 4 is 5.84 Å². The molecule has 4 heteroatoms. The van der Waals surface area contributed by atoms with Crippen LogP contribution in [-0.2, 0) is 11.3 Å². The molecule has 1 aromatic rings. The third-order valence-corrected chi connectivity index (χ3v) is 2.12. The first-order valence-corrected chi connectivity index (χ1v) is 4.84. The van der Waals surface area contributed by atoms with Crippen molar-refractivity contribution in [2.24, 2.45) is 5.73 Å². The molecule has 0 saturated carbocycles. The van der Waals surface area contributed by atoms with E-state index in [1.165, 1.54) is 6.07 Å². The van der Waals surface area contributed by atoms with Gasteiger partial charge in [-0.1, -0.05) is 25.1 Å². The van der Waals surface area contributed by atoms with Crippen molar-refractivity contribution in [1.82, 2.24) is 0 Å². The predicted molar refractivity (Wildman–Crippen MR) is 57.2 cm³/mol. The zero-order valence-electron chi connectivity index (χ0n) is 8.66. The van der Waals surface area contributed by atoms with Gasteiger partial charge in [0.2, 0.25) is 0 Å². The lowest BCUT2D eigenvalue weighted by atomic mass is 10.2. The normalized spacial score (nSPS) is 12.4. The Bertz CT molecular complexity index is 341. The molecule has 0 bridgehead atoms. The van der Waals surface area contributed by atoms with Gasteiger partial charge in [-0.2, -0.15) is 0 Å². The summed E-state index contributed by atoms with van der Waals surface area (Å²) in [7, 11) is 0. The number of amidine groups is 1. The summed E-state index contributed by atoms with van der Waals surface area (Å²) in [6, 6.07) is 6.41. The van der Waals surface area contributed by atoms with Gasteiger partial charge in [-0.25, -0.2) is 4.39 Å². The second-order valence-electron chi connectivity index (χ2n) is 3.25. The van der Waals surface area contributed by atoms with Crippen LogP contribution in [0.3, 0.4) is 0 Å². The fourth-order valence-electron chi connectivity index (χ4n) is 1.23. The van der Waals surface area contributed by atoms with Crippen molar-refractivity contribution in [3.8, 4) is 0 Å². The molecule has 3 N–H and O–H groups in total. The average molecular weight is 210 g/mol. The maximum Gasteiger partial charge on any atom is 0.128 e. The Hall–Kier alpha value is -1.42. The smallest absolute Gasteiger partial charge is 0.128 e. The van der Waals surface area contributed by atoms with Gasteiger partial charge in [0.15, 0.2) is 0 Å². The molecule has 15 heavy (non-hydrogen) atoms. The molecule has 0 radical (unpaired) electrons. The van der Waals surface area contributed by atoms with Gasteiger partial charge in [-0.05, 0) is 12.5 Å². The van der Waals surface area contributed by atoms with Gasteiger partial charge in [0.1, 0.15) is 17.8 Å². The maximum absolute atomic E-state index is 13.2. The van der Waals surface area contributed by atoms with Gasteiger partial charge >= 0.3 is 0 Å². The number of ether oxygens (including phenoxy) is 1. The molecular weight excluding hydrogens is 195 g/mol. The minimum atomic E-state index is -0.426. The number of benzene rings is 1. The van der Waals surface area contributed by atoms with E-state index < -0.39 is 6.10 Å². The summed E-state index contributed by atoms with van der Waals surface area (Å²) in [5.74, 6) is -0.315. The largest absolute Gasteiger partial charge is 0.385 e. The van der Waals surface area contributed by atoms with Gasteiger partial charge in [0.25, 0.3) is 0 Å². The maximum atomic E-state index is 13.2. The molecule has 0 aliphatic heterocycles. The molecule has 0 aliphatic rings. The predicted octanol–water partition coefficient (Wildman–Crippen LogP) is 2.06. The number of rotatable bonds is 5. The van der Waals surface area contributed by atoms with Crippen LogP contribution in [0.2, 0.25) is 0 Å².